The summed E-state index contributed by atoms with van der Waals surface area (Å²) in [6.07, 6.45) is 0.686. The van der Waals surface area contributed by atoms with Crippen molar-refractivity contribution in [2.45, 2.75) is 20.3 Å². The van der Waals surface area contributed by atoms with Crippen LogP contribution in [0.15, 0.2) is 11.1 Å². The Bertz CT molecular complexity index is 210. The van der Waals surface area contributed by atoms with Gasteiger partial charge in [0.25, 0.3) is 5.91 Å². The summed E-state index contributed by atoms with van der Waals surface area (Å²) < 4.78 is 0. The van der Waals surface area contributed by atoms with Gasteiger partial charge in [-0.25, -0.2) is 0 Å². The predicted molar refractivity (Wildman–Crippen MR) is 37.8 cm³/mol. The van der Waals surface area contributed by atoms with Crippen molar-refractivity contribution in [1.29, 1.82) is 5.26 Å². The first-order chi connectivity index (χ1) is 4.63. The summed E-state index contributed by atoms with van der Waals surface area (Å²) in [5, 5.41) is 8.39. The van der Waals surface area contributed by atoms with E-state index in [-0.39, 0.29) is 5.57 Å². The zero-order chi connectivity index (χ0) is 8.15. The number of allylic oxidation sites excluding steroid dienone is 1. The van der Waals surface area contributed by atoms with E-state index in [2.05, 4.69) is 0 Å². The largest absolute Gasteiger partial charge is 0.365 e. The van der Waals surface area contributed by atoms with Gasteiger partial charge in [0.05, 0.1) is 0 Å². The standard InChI is InChI=1S/C7H10N2O/c1-3-5(2)6(4-8)7(9)10/h3H2,1-2H3,(H2,9,10)/b6-5+. The second-order valence-corrected chi connectivity index (χ2v) is 1.98. The lowest BCUT2D eigenvalue weighted by Crippen LogP contribution is -2.14. The lowest BCUT2D eigenvalue weighted by Gasteiger charge is -1.95. The zero-order valence-electron chi connectivity index (χ0n) is 6.14. The molecule has 0 fully saturated rings. The number of rotatable bonds is 2. The Hall–Kier alpha value is -1.30. The smallest absolute Gasteiger partial charge is 0.259 e. The zero-order valence-corrected chi connectivity index (χ0v) is 6.14. The Morgan fingerprint density at radius 1 is 1.70 bits per heavy atom. The lowest BCUT2D eigenvalue weighted by atomic mass is 10.1. The number of carbonyl (C=O) groups excluding carboxylic acids is 1. The fourth-order valence-electron chi connectivity index (χ4n) is 0.538. The molecule has 0 heterocycles. The van der Waals surface area contributed by atoms with Crippen molar-refractivity contribution in [3.05, 3.63) is 11.1 Å². The van der Waals surface area contributed by atoms with E-state index in [0.29, 0.717) is 6.42 Å². The van der Waals surface area contributed by atoms with Crippen LogP contribution in [-0.2, 0) is 4.79 Å². The molecule has 0 aromatic heterocycles. The number of amides is 1. The molecular weight excluding hydrogens is 128 g/mol. The van der Waals surface area contributed by atoms with E-state index in [0.717, 1.165) is 5.57 Å². The average Bonchev–Trinajstić information content (AvgIpc) is 1.88. The SMILES string of the molecule is CC/C(C)=C(\C#N)C(N)=O. The first kappa shape index (κ1) is 8.70. The minimum atomic E-state index is -0.637. The van der Waals surface area contributed by atoms with Crippen LogP contribution < -0.4 is 5.73 Å². The van der Waals surface area contributed by atoms with E-state index in [9.17, 15) is 4.79 Å². The maximum absolute atomic E-state index is 10.5. The van der Waals surface area contributed by atoms with Gasteiger partial charge in [0.2, 0.25) is 0 Å². The highest BCUT2D eigenvalue weighted by atomic mass is 16.1. The summed E-state index contributed by atoms with van der Waals surface area (Å²) in [6, 6.07) is 1.76. The van der Waals surface area contributed by atoms with Crippen LogP contribution in [0.1, 0.15) is 20.3 Å². The molecule has 2 N–H and O–H groups in total. The van der Waals surface area contributed by atoms with Gasteiger partial charge in [-0.15, -0.1) is 0 Å². The molecule has 0 aromatic carbocycles. The van der Waals surface area contributed by atoms with Crippen LogP contribution >= 0.6 is 0 Å². The summed E-state index contributed by atoms with van der Waals surface area (Å²) in [5.74, 6) is -0.637. The molecule has 1 amide bonds. The van der Waals surface area contributed by atoms with Gasteiger partial charge < -0.3 is 5.73 Å². The van der Waals surface area contributed by atoms with Crippen molar-refractivity contribution >= 4 is 5.91 Å². The van der Waals surface area contributed by atoms with E-state index < -0.39 is 5.91 Å². The number of nitrogens with two attached hydrogens (primary N) is 1. The predicted octanol–water partition coefficient (Wildman–Crippen LogP) is 0.722. The van der Waals surface area contributed by atoms with Crippen LogP contribution in [0.3, 0.4) is 0 Å². The Labute approximate surface area is 60.1 Å². The van der Waals surface area contributed by atoms with Gasteiger partial charge in [-0.1, -0.05) is 12.5 Å². The average molecular weight is 138 g/mol. The minimum absolute atomic E-state index is 0.0856. The fraction of sp³-hybridized carbons (Fsp3) is 0.429. The Balaban J connectivity index is 4.68. The Kier molecular flexibility index (Phi) is 3.20. The number of hydrogen-bond acceptors (Lipinski definition) is 2. The molecule has 0 rings (SSSR count). The number of hydrogen-bond donors (Lipinski definition) is 1. The highest BCUT2D eigenvalue weighted by Gasteiger charge is 2.05. The lowest BCUT2D eigenvalue weighted by molar-refractivity contribution is -0.114. The van der Waals surface area contributed by atoms with Gasteiger partial charge in [0, 0.05) is 0 Å². The molecule has 0 unspecified atom stereocenters. The fourth-order valence-corrected chi connectivity index (χ4v) is 0.538. The summed E-state index contributed by atoms with van der Waals surface area (Å²) >= 11 is 0. The second kappa shape index (κ2) is 3.67. The van der Waals surface area contributed by atoms with Gasteiger partial charge in [0.1, 0.15) is 11.6 Å². The third-order valence-electron chi connectivity index (χ3n) is 1.32. The maximum Gasteiger partial charge on any atom is 0.259 e. The van der Waals surface area contributed by atoms with Crippen molar-refractivity contribution in [3.63, 3.8) is 0 Å². The van der Waals surface area contributed by atoms with Gasteiger partial charge in [-0.3, -0.25) is 4.79 Å². The third-order valence-corrected chi connectivity index (χ3v) is 1.32. The van der Waals surface area contributed by atoms with Crippen molar-refractivity contribution in [1.82, 2.24) is 0 Å². The molecule has 0 saturated heterocycles. The number of nitrogens with zero attached hydrogens (tertiary/aromatic N) is 1. The van der Waals surface area contributed by atoms with Gasteiger partial charge in [-0.05, 0) is 13.3 Å². The number of primary amides is 1. The molecule has 0 atom stereocenters. The molecule has 3 heteroatoms. The number of carbonyl (C=O) groups is 1. The van der Waals surface area contributed by atoms with Crippen molar-refractivity contribution in [2.24, 2.45) is 5.73 Å². The van der Waals surface area contributed by atoms with E-state index in [1.807, 2.05) is 6.92 Å². The van der Waals surface area contributed by atoms with Gasteiger partial charge in [0.15, 0.2) is 0 Å². The van der Waals surface area contributed by atoms with E-state index in [4.69, 9.17) is 11.0 Å². The molecule has 54 valence electrons. The van der Waals surface area contributed by atoms with Crippen LogP contribution in [0, 0.1) is 11.3 Å². The van der Waals surface area contributed by atoms with Gasteiger partial charge in [-0.2, -0.15) is 5.26 Å². The molecule has 0 aliphatic carbocycles. The highest BCUT2D eigenvalue weighted by molar-refractivity contribution is 5.96. The topological polar surface area (TPSA) is 66.9 Å². The van der Waals surface area contributed by atoms with E-state index in [1.54, 1.807) is 13.0 Å². The van der Waals surface area contributed by atoms with Crippen LogP contribution in [0.2, 0.25) is 0 Å². The van der Waals surface area contributed by atoms with Crippen molar-refractivity contribution in [3.8, 4) is 6.07 Å². The van der Waals surface area contributed by atoms with Crippen molar-refractivity contribution in [2.75, 3.05) is 0 Å². The molecule has 0 aromatic rings. The Morgan fingerprint density at radius 2 is 2.20 bits per heavy atom. The van der Waals surface area contributed by atoms with E-state index in [1.165, 1.54) is 0 Å². The third kappa shape index (κ3) is 1.90. The molecule has 0 spiro atoms. The summed E-state index contributed by atoms with van der Waals surface area (Å²) in [5.41, 5.74) is 5.74. The summed E-state index contributed by atoms with van der Waals surface area (Å²) in [6.45, 7) is 3.60. The molecule has 0 radical (unpaired) electrons. The quantitative estimate of drug-likeness (QED) is 0.451. The minimum Gasteiger partial charge on any atom is -0.365 e. The highest BCUT2D eigenvalue weighted by Crippen LogP contribution is 2.05. The molecular formula is C7H10N2O. The van der Waals surface area contributed by atoms with Crippen LogP contribution in [0.5, 0.6) is 0 Å². The van der Waals surface area contributed by atoms with Gasteiger partial charge >= 0.3 is 0 Å². The van der Waals surface area contributed by atoms with E-state index >= 15 is 0 Å². The monoisotopic (exact) mass is 138 g/mol. The summed E-state index contributed by atoms with van der Waals surface area (Å²) in [7, 11) is 0. The molecule has 0 bridgehead atoms. The number of nitriles is 1. The summed E-state index contributed by atoms with van der Waals surface area (Å²) in [4.78, 5) is 10.5. The molecule has 0 aliphatic heterocycles. The maximum atomic E-state index is 10.5. The first-order valence-electron chi connectivity index (χ1n) is 3.03. The van der Waals surface area contributed by atoms with Crippen LogP contribution in [-0.4, -0.2) is 5.91 Å². The van der Waals surface area contributed by atoms with Crippen LogP contribution in [0.4, 0.5) is 0 Å². The first-order valence-corrected chi connectivity index (χ1v) is 3.03. The normalized spacial score (nSPS) is 11.7. The van der Waals surface area contributed by atoms with Crippen LogP contribution in [0.25, 0.3) is 0 Å². The molecule has 0 aliphatic rings. The molecule has 10 heavy (non-hydrogen) atoms. The molecule has 0 saturated carbocycles. The Morgan fingerprint density at radius 3 is 2.30 bits per heavy atom. The second-order valence-electron chi connectivity index (χ2n) is 1.98. The molecule has 3 nitrogen and oxygen atoms in total. The van der Waals surface area contributed by atoms with Crippen molar-refractivity contribution < 1.29 is 4.79 Å².